The normalized spacial score (nSPS) is 22.3. The molecule has 2 aromatic carbocycles. The highest BCUT2D eigenvalue weighted by Crippen LogP contribution is 2.47. The van der Waals surface area contributed by atoms with Gasteiger partial charge in [0.05, 0.1) is 38.9 Å². The predicted octanol–water partition coefficient (Wildman–Crippen LogP) is 4.45. The summed E-state index contributed by atoms with van der Waals surface area (Å²) in [6.07, 6.45) is 2.50. The molecule has 0 amide bonds. The Bertz CT molecular complexity index is 1140. The van der Waals surface area contributed by atoms with Gasteiger partial charge < -0.3 is 19.5 Å². The fourth-order valence-electron chi connectivity index (χ4n) is 4.69. The van der Waals surface area contributed by atoms with E-state index in [-0.39, 0.29) is 17.6 Å². The second kappa shape index (κ2) is 8.80. The van der Waals surface area contributed by atoms with Crippen molar-refractivity contribution in [3.63, 3.8) is 0 Å². The molecule has 3 atom stereocenters. The lowest BCUT2D eigenvalue weighted by atomic mass is 9.69. The van der Waals surface area contributed by atoms with Crippen LogP contribution in [0.5, 0.6) is 17.2 Å². The molecule has 1 heterocycles. The molecule has 1 aliphatic carbocycles. The van der Waals surface area contributed by atoms with Crippen molar-refractivity contribution in [2.24, 2.45) is 5.92 Å². The zero-order valence-corrected chi connectivity index (χ0v) is 18.6. The van der Waals surface area contributed by atoms with E-state index < -0.39 is 5.92 Å². The number of carbonyl (C=O) groups excluding carboxylic acids is 1. The summed E-state index contributed by atoms with van der Waals surface area (Å²) in [5, 5.41) is 13.3. The molecule has 0 bridgehead atoms. The maximum absolute atomic E-state index is 13.5. The van der Waals surface area contributed by atoms with Crippen molar-refractivity contribution in [3.8, 4) is 23.3 Å². The zero-order chi connectivity index (χ0) is 22.8. The number of fused-ring (bicyclic) bond motifs is 1. The monoisotopic (exact) mass is 430 g/mol. The Morgan fingerprint density at radius 1 is 0.938 bits per heavy atom. The minimum absolute atomic E-state index is 0.0327. The van der Waals surface area contributed by atoms with Gasteiger partial charge in [-0.3, -0.25) is 4.79 Å². The van der Waals surface area contributed by atoms with E-state index in [9.17, 15) is 10.1 Å². The highest BCUT2D eigenvalue weighted by Gasteiger charge is 2.43. The summed E-state index contributed by atoms with van der Waals surface area (Å²) in [6.45, 7) is 1.88. The number of nitriles is 1. The molecule has 2 aliphatic rings. The van der Waals surface area contributed by atoms with Gasteiger partial charge in [0.25, 0.3) is 0 Å². The molecule has 6 heteroatoms. The van der Waals surface area contributed by atoms with E-state index in [4.69, 9.17) is 14.2 Å². The van der Waals surface area contributed by atoms with Crippen molar-refractivity contribution in [2.45, 2.75) is 25.2 Å². The lowest BCUT2D eigenvalue weighted by Crippen LogP contribution is -2.39. The van der Waals surface area contributed by atoms with Crippen LogP contribution in [0.3, 0.4) is 0 Å². The number of hydrogen-bond donors (Lipinski definition) is 1. The van der Waals surface area contributed by atoms with Crippen LogP contribution in [-0.2, 0) is 4.79 Å². The predicted molar refractivity (Wildman–Crippen MR) is 121 cm³/mol. The number of rotatable bonds is 5. The highest BCUT2D eigenvalue weighted by atomic mass is 16.5. The largest absolute Gasteiger partial charge is 0.497 e. The minimum atomic E-state index is -0.444. The van der Waals surface area contributed by atoms with Gasteiger partial charge in [-0.1, -0.05) is 24.3 Å². The lowest BCUT2D eigenvalue weighted by molar-refractivity contribution is -0.123. The topological polar surface area (TPSA) is 80.6 Å². The van der Waals surface area contributed by atoms with Gasteiger partial charge in [0.15, 0.2) is 11.5 Å². The first-order chi connectivity index (χ1) is 15.5. The molecule has 6 nitrogen and oxygen atoms in total. The molecular weight excluding hydrogens is 404 g/mol. The number of ether oxygens (including phenoxy) is 3. The Morgan fingerprint density at radius 3 is 2.25 bits per heavy atom. The molecule has 0 aromatic heterocycles. The zero-order valence-electron chi connectivity index (χ0n) is 18.6. The fourth-order valence-corrected chi connectivity index (χ4v) is 4.69. The Balaban J connectivity index is 1.78. The Hall–Kier alpha value is -3.72. The average Bonchev–Trinajstić information content (AvgIpc) is 2.82. The van der Waals surface area contributed by atoms with Gasteiger partial charge in [0.1, 0.15) is 11.5 Å². The van der Waals surface area contributed by atoms with E-state index in [2.05, 4.69) is 17.5 Å². The summed E-state index contributed by atoms with van der Waals surface area (Å²) >= 11 is 0. The first-order valence-corrected chi connectivity index (χ1v) is 10.5. The molecule has 164 valence electrons. The molecule has 1 N–H and O–H groups in total. The van der Waals surface area contributed by atoms with Crippen LogP contribution in [0.25, 0.3) is 0 Å². The molecule has 0 spiro atoms. The number of nitrogens with zero attached hydrogens (tertiary/aromatic N) is 1. The smallest absolute Gasteiger partial charge is 0.161 e. The van der Waals surface area contributed by atoms with Gasteiger partial charge in [-0.05, 0) is 42.3 Å². The third-order valence-corrected chi connectivity index (χ3v) is 6.30. The molecule has 2 aromatic rings. The van der Waals surface area contributed by atoms with Crippen LogP contribution >= 0.6 is 0 Å². The van der Waals surface area contributed by atoms with Crippen LogP contribution in [0.2, 0.25) is 0 Å². The lowest BCUT2D eigenvalue weighted by Gasteiger charge is -2.38. The van der Waals surface area contributed by atoms with Crippen LogP contribution in [0.15, 0.2) is 65.5 Å². The van der Waals surface area contributed by atoms with Gasteiger partial charge in [-0.2, -0.15) is 5.26 Å². The van der Waals surface area contributed by atoms with Crippen molar-refractivity contribution < 1.29 is 19.0 Å². The fraction of sp³-hybridized carbons (Fsp3) is 0.308. The summed E-state index contributed by atoms with van der Waals surface area (Å²) < 4.78 is 16.1. The first-order valence-electron chi connectivity index (χ1n) is 10.5. The summed E-state index contributed by atoms with van der Waals surface area (Å²) in [6, 6.07) is 15.7. The van der Waals surface area contributed by atoms with Crippen LogP contribution in [0.1, 0.15) is 36.3 Å². The molecule has 0 radical (unpaired) electrons. The average molecular weight is 431 g/mol. The van der Waals surface area contributed by atoms with Gasteiger partial charge in [-0.25, -0.2) is 0 Å². The standard InChI is InChI=1S/C26H26N2O4/c1-15-20(14-27)25(17-7-10-23(31-3)24(13-17)32-4)26-21(28-15)11-18(12-22(26)29)16-5-8-19(30-2)9-6-16/h5-11,13,18,25-26,28H,12H2,1-4H3. The van der Waals surface area contributed by atoms with E-state index in [0.29, 0.717) is 23.5 Å². The number of nitrogens with one attached hydrogen (secondary N) is 1. The summed E-state index contributed by atoms with van der Waals surface area (Å²) in [5.74, 6) is 1.21. The van der Waals surface area contributed by atoms with E-state index in [1.807, 2.05) is 49.4 Å². The van der Waals surface area contributed by atoms with Crippen molar-refractivity contribution in [1.29, 1.82) is 5.26 Å². The third-order valence-electron chi connectivity index (χ3n) is 6.30. The van der Waals surface area contributed by atoms with Gasteiger partial charge >= 0.3 is 0 Å². The second-order valence-electron chi connectivity index (χ2n) is 8.02. The van der Waals surface area contributed by atoms with E-state index in [1.54, 1.807) is 21.3 Å². The van der Waals surface area contributed by atoms with Crippen LogP contribution in [0.4, 0.5) is 0 Å². The molecule has 0 fully saturated rings. The maximum atomic E-state index is 13.5. The van der Waals surface area contributed by atoms with Crippen molar-refractivity contribution in [3.05, 3.63) is 76.6 Å². The quantitative estimate of drug-likeness (QED) is 0.755. The van der Waals surface area contributed by atoms with E-state index in [0.717, 1.165) is 28.3 Å². The number of benzene rings is 2. The summed E-state index contributed by atoms with van der Waals surface area (Å²) in [7, 11) is 4.79. The molecule has 4 rings (SSSR count). The summed E-state index contributed by atoms with van der Waals surface area (Å²) in [5.41, 5.74) is 4.08. The maximum Gasteiger partial charge on any atom is 0.161 e. The number of hydrogen-bond acceptors (Lipinski definition) is 6. The highest BCUT2D eigenvalue weighted by molar-refractivity contribution is 5.88. The van der Waals surface area contributed by atoms with Crippen LogP contribution in [-0.4, -0.2) is 27.1 Å². The van der Waals surface area contributed by atoms with Gasteiger partial charge in [0.2, 0.25) is 0 Å². The number of Topliss-reactive ketones (excluding diaryl/α,β-unsaturated/α-hetero) is 1. The molecule has 0 saturated carbocycles. The molecule has 32 heavy (non-hydrogen) atoms. The first kappa shape index (κ1) is 21.5. The van der Waals surface area contributed by atoms with Crippen LogP contribution in [0, 0.1) is 17.2 Å². The van der Waals surface area contributed by atoms with E-state index in [1.165, 1.54) is 0 Å². The Labute approximate surface area is 188 Å². The molecule has 3 unspecified atom stereocenters. The SMILES string of the molecule is COc1ccc(C2C=C3NC(C)=C(C#N)C(c4ccc(OC)c(OC)c4)C3C(=O)C2)cc1. The van der Waals surface area contributed by atoms with Crippen molar-refractivity contribution in [2.75, 3.05) is 21.3 Å². The molecule has 0 saturated heterocycles. The molecular formula is C26H26N2O4. The number of carbonyl (C=O) groups is 1. The summed E-state index contributed by atoms with van der Waals surface area (Å²) in [4.78, 5) is 13.5. The second-order valence-corrected chi connectivity index (χ2v) is 8.02. The number of ketones is 1. The Kier molecular flexibility index (Phi) is 5.91. The Morgan fingerprint density at radius 2 is 1.62 bits per heavy atom. The number of allylic oxidation sites excluding steroid dienone is 4. The number of methoxy groups -OCH3 is 3. The van der Waals surface area contributed by atoms with E-state index >= 15 is 0 Å². The van der Waals surface area contributed by atoms with Gasteiger partial charge in [0, 0.05) is 29.7 Å². The minimum Gasteiger partial charge on any atom is -0.497 e. The van der Waals surface area contributed by atoms with Crippen molar-refractivity contribution in [1.82, 2.24) is 5.32 Å². The molecule has 1 aliphatic heterocycles. The third kappa shape index (κ3) is 3.71. The van der Waals surface area contributed by atoms with Crippen molar-refractivity contribution >= 4 is 5.78 Å². The van der Waals surface area contributed by atoms with Crippen LogP contribution < -0.4 is 19.5 Å². The van der Waals surface area contributed by atoms with Gasteiger partial charge in [-0.15, -0.1) is 0 Å².